The van der Waals surface area contributed by atoms with E-state index in [1.165, 1.54) is 26.7 Å². The van der Waals surface area contributed by atoms with E-state index < -0.39 is 11.5 Å². The highest BCUT2D eigenvalue weighted by atomic mass is 16.2. The molecule has 210 valence electrons. The lowest BCUT2D eigenvalue weighted by Gasteiger charge is -2.20. The number of nitrogens with zero attached hydrogens (tertiary/aromatic N) is 6. The highest BCUT2D eigenvalue weighted by molar-refractivity contribution is 5.93. The highest BCUT2D eigenvalue weighted by Crippen LogP contribution is 2.31. The third-order valence-electron chi connectivity index (χ3n) is 7.91. The molecule has 2 aliphatic heterocycles. The fourth-order valence-electron chi connectivity index (χ4n) is 5.61. The summed E-state index contributed by atoms with van der Waals surface area (Å²) in [6.45, 7) is 5.66. The van der Waals surface area contributed by atoms with E-state index in [0.29, 0.717) is 31.6 Å². The highest BCUT2D eigenvalue weighted by Gasteiger charge is 2.38. The van der Waals surface area contributed by atoms with Gasteiger partial charge >= 0.3 is 0 Å². The van der Waals surface area contributed by atoms with Gasteiger partial charge in [-0.1, -0.05) is 29.0 Å². The van der Waals surface area contributed by atoms with Gasteiger partial charge < -0.3 is 19.7 Å². The van der Waals surface area contributed by atoms with E-state index in [1.807, 2.05) is 4.90 Å². The molecular formula is C29H35N7O4. The Balaban J connectivity index is 1.37. The van der Waals surface area contributed by atoms with Crippen LogP contribution in [0.5, 0.6) is 0 Å². The van der Waals surface area contributed by atoms with Gasteiger partial charge in [-0.05, 0) is 43.5 Å². The summed E-state index contributed by atoms with van der Waals surface area (Å²) in [7, 11) is 1.61. The Morgan fingerprint density at radius 1 is 1.12 bits per heavy atom. The molecule has 0 unspecified atom stereocenters. The molecule has 0 aliphatic carbocycles. The molecule has 3 amide bonds. The third kappa shape index (κ3) is 5.83. The van der Waals surface area contributed by atoms with Gasteiger partial charge in [0.05, 0.1) is 18.8 Å². The van der Waals surface area contributed by atoms with Crippen LogP contribution in [-0.2, 0) is 22.6 Å². The molecule has 2 aliphatic rings. The fourth-order valence-corrected chi connectivity index (χ4v) is 5.61. The molecule has 11 nitrogen and oxygen atoms in total. The SMILES string of the molecule is Cc1ccc(CCC(=O)N2C[C@@H]3CC(=O)NCCN(C)C(=O)c4cccn(c4=O)Cc4cn(nn4)[C@@H]3C2)c(C)c1. The van der Waals surface area contributed by atoms with Crippen LogP contribution in [0.25, 0.3) is 0 Å². The quantitative estimate of drug-likeness (QED) is 0.530. The van der Waals surface area contributed by atoms with Crippen LogP contribution in [0.3, 0.4) is 0 Å². The second kappa shape index (κ2) is 11.4. The van der Waals surface area contributed by atoms with E-state index in [2.05, 4.69) is 47.7 Å². The molecule has 4 bridgehead atoms. The first kappa shape index (κ1) is 27.3. The average molecular weight is 546 g/mol. The van der Waals surface area contributed by atoms with Gasteiger partial charge in [-0.15, -0.1) is 5.10 Å². The molecule has 0 spiro atoms. The van der Waals surface area contributed by atoms with Crippen molar-refractivity contribution >= 4 is 17.7 Å². The van der Waals surface area contributed by atoms with Gasteiger partial charge in [0.1, 0.15) is 11.3 Å². The second-order valence-corrected chi connectivity index (χ2v) is 10.9. The Bertz CT molecular complexity index is 1490. The maximum atomic E-state index is 13.3. The average Bonchev–Trinajstić information content (AvgIpc) is 3.55. The van der Waals surface area contributed by atoms with Crippen LogP contribution in [0, 0.1) is 19.8 Å². The lowest BCUT2D eigenvalue weighted by Crippen LogP contribution is -2.39. The zero-order valence-corrected chi connectivity index (χ0v) is 23.2. The van der Waals surface area contributed by atoms with Crippen molar-refractivity contribution in [2.75, 3.05) is 33.2 Å². The Morgan fingerprint density at radius 2 is 1.95 bits per heavy atom. The monoisotopic (exact) mass is 545 g/mol. The van der Waals surface area contributed by atoms with Gasteiger partial charge in [-0.3, -0.25) is 19.2 Å². The minimum atomic E-state index is -0.413. The number of rotatable bonds is 3. The summed E-state index contributed by atoms with van der Waals surface area (Å²) in [5.41, 5.74) is 3.73. The maximum absolute atomic E-state index is 13.3. The fraction of sp³-hybridized carbons (Fsp3) is 0.448. The first-order valence-corrected chi connectivity index (χ1v) is 13.7. The molecule has 0 saturated carbocycles. The van der Waals surface area contributed by atoms with Crippen LogP contribution >= 0.6 is 0 Å². The van der Waals surface area contributed by atoms with Crippen LogP contribution < -0.4 is 10.9 Å². The summed E-state index contributed by atoms with van der Waals surface area (Å²) >= 11 is 0. The molecule has 1 aromatic carbocycles. The van der Waals surface area contributed by atoms with Crippen molar-refractivity contribution in [3.8, 4) is 0 Å². The number of nitrogens with one attached hydrogen (secondary N) is 1. The summed E-state index contributed by atoms with van der Waals surface area (Å²) in [4.78, 5) is 55.4. The number of carbonyl (C=O) groups is 3. The second-order valence-electron chi connectivity index (χ2n) is 10.9. The summed E-state index contributed by atoms with van der Waals surface area (Å²) < 4.78 is 3.16. The summed E-state index contributed by atoms with van der Waals surface area (Å²) in [6, 6.07) is 9.21. The van der Waals surface area contributed by atoms with E-state index >= 15 is 0 Å². The lowest BCUT2D eigenvalue weighted by atomic mass is 9.99. The van der Waals surface area contributed by atoms with Crippen molar-refractivity contribution in [1.82, 2.24) is 34.7 Å². The maximum Gasteiger partial charge on any atom is 0.263 e. The number of likely N-dealkylation sites (N-methyl/N-ethyl adjacent to an activating group) is 1. The molecule has 1 fully saturated rings. The molecule has 40 heavy (non-hydrogen) atoms. The third-order valence-corrected chi connectivity index (χ3v) is 7.91. The standard InChI is InChI=1S/C29H35N7O4/c1-19-6-7-21(20(2)13-19)8-9-27(38)35-15-22-14-26(37)30-10-12-33(3)28(39)24-5-4-11-34(29(24)40)16-23-17-36(32-31-23)25(22)18-35/h4-7,11,13,17,22,25H,8-10,12,14-16,18H2,1-3H3,(H,30,37)/t22-,25+/m0/s1. The molecule has 2 aromatic heterocycles. The van der Waals surface area contributed by atoms with Gasteiger partial charge in [-0.25, -0.2) is 4.68 Å². The van der Waals surface area contributed by atoms with Crippen molar-refractivity contribution in [3.05, 3.63) is 81.0 Å². The first-order valence-electron chi connectivity index (χ1n) is 13.7. The van der Waals surface area contributed by atoms with Crippen LogP contribution in [0.1, 0.15) is 51.6 Å². The molecule has 3 aromatic rings. The minimum Gasteiger partial charge on any atom is -0.354 e. The number of fused-ring (bicyclic) bond motifs is 6. The summed E-state index contributed by atoms with van der Waals surface area (Å²) in [6.07, 6.45) is 4.65. The molecule has 0 radical (unpaired) electrons. The van der Waals surface area contributed by atoms with Crippen molar-refractivity contribution in [1.29, 1.82) is 0 Å². The van der Waals surface area contributed by atoms with Gasteiger partial charge in [0.25, 0.3) is 11.5 Å². The number of carbonyl (C=O) groups excluding carboxylic acids is 3. The van der Waals surface area contributed by atoms with Crippen LogP contribution in [0.2, 0.25) is 0 Å². The molecular weight excluding hydrogens is 510 g/mol. The molecule has 1 N–H and O–H groups in total. The Kier molecular flexibility index (Phi) is 7.81. The van der Waals surface area contributed by atoms with Crippen molar-refractivity contribution in [2.45, 2.75) is 45.7 Å². The zero-order valence-electron chi connectivity index (χ0n) is 23.2. The lowest BCUT2D eigenvalue weighted by molar-refractivity contribution is -0.130. The molecule has 1 saturated heterocycles. The topological polar surface area (TPSA) is 122 Å². The number of hydrogen-bond acceptors (Lipinski definition) is 6. The largest absolute Gasteiger partial charge is 0.354 e. The number of pyridine rings is 1. The Hall–Kier alpha value is -4.28. The van der Waals surface area contributed by atoms with Gasteiger partial charge in [-0.2, -0.15) is 0 Å². The van der Waals surface area contributed by atoms with Crippen LogP contribution in [0.15, 0.2) is 47.5 Å². The summed E-state index contributed by atoms with van der Waals surface area (Å²) in [5.74, 6) is -0.675. The molecule has 11 heteroatoms. The zero-order chi connectivity index (χ0) is 28.4. The van der Waals surface area contributed by atoms with Crippen LogP contribution in [-0.4, -0.2) is 80.3 Å². The normalized spacial score (nSPS) is 19.9. The molecule has 4 heterocycles. The van der Waals surface area contributed by atoms with Crippen molar-refractivity contribution < 1.29 is 14.4 Å². The Labute approximate surface area is 232 Å². The van der Waals surface area contributed by atoms with Crippen molar-refractivity contribution in [3.63, 3.8) is 0 Å². The van der Waals surface area contributed by atoms with Crippen LogP contribution in [0.4, 0.5) is 0 Å². The van der Waals surface area contributed by atoms with Gasteiger partial charge in [0.15, 0.2) is 0 Å². The van der Waals surface area contributed by atoms with E-state index in [4.69, 9.17) is 0 Å². The predicted molar refractivity (Wildman–Crippen MR) is 148 cm³/mol. The smallest absolute Gasteiger partial charge is 0.263 e. The number of hydrogen-bond donors (Lipinski definition) is 1. The van der Waals surface area contributed by atoms with E-state index in [0.717, 1.165) is 5.56 Å². The predicted octanol–water partition coefficient (Wildman–Crippen LogP) is 1.33. The molecule has 5 rings (SSSR count). The van der Waals surface area contributed by atoms with E-state index in [9.17, 15) is 19.2 Å². The number of benzene rings is 1. The first-order chi connectivity index (χ1) is 19.2. The van der Waals surface area contributed by atoms with E-state index in [-0.39, 0.29) is 55.4 Å². The minimum absolute atomic E-state index is 0.0441. The number of likely N-dealkylation sites (tertiary alicyclic amines) is 1. The number of aryl methyl sites for hydroxylation is 3. The number of aromatic nitrogens is 4. The number of amides is 3. The Morgan fingerprint density at radius 3 is 2.75 bits per heavy atom. The van der Waals surface area contributed by atoms with Crippen molar-refractivity contribution in [2.24, 2.45) is 5.92 Å². The summed E-state index contributed by atoms with van der Waals surface area (Å²) in [5, 5.41) is 11.5. The van der Waals surface area contributed by atoms with Gasteiger partial charge in [0, 0.05) is 58.2 Å². The van der Waals surface area contributed by atoms with Gasteiger partial charge in [0.2, 0.25) is 11.8 Å². The van der Waals surface area contributed by atoms with E-state index in [1.54, 1.807) is 30.2 Å². The molecule has 2 atom stereocenters.